The highest BCUT2D eigenvalue weighted by atomic mass is 16.6. The van der Waals surface area contributed by atoms with Crippen molar-refractivity contribution in [3.8, 4) is 0 Å². The molecule has 1 N–H and O–H groups in total. The number of carbonyl (C=O) groups excluding carboxylic acids is 1. The number of fused-ring (bicyclic) bond motifs is 4. The van der Waals surface area contributed by atoms with E-state index in [-0.39, 0.29) is 12.2 Å². The zero-order valence-electron chi connectivity index (χ0n) is 12.8. The second kappa shape index (κ2) is 4.90. The summed E-state index contributed by atoms with van der Waals surface area (Å²) in [5.74, 6) is 2.58. The van der Waals surface area contributed by atoms with Crippen LogP contribution in [-0.2, 0) is 4.74 Å². The van der Waals surface area contributed by atoms with Crippen molar-refractivity contribution < 1.29 is 14.6 Å². The number of carbonyl (C=O) groups is 1. The van der Waals surface area contributed by atoms with Gasteiger partial charge < -0.3 is 14.7 Å². The molecule has 4 heteroatoms. The third kappa shape index (κ3) is 2.43. The van der Waals surface area contributed by atoms with Crippen LogP contribution in [0.3, 0.4) is 0 Å². The Morgan fingerprint density at radius 3 is 2.30 bits per heavy atom. The molecule has 3 rings (SSSR count). The highest BCUT2D eigenvalue weighted by Crippen LogP contribution is 2.58. The van der Waals surface area contributed by atoms with Crippen molar-refractivity contribution in [2.75, 3.05) is 13.1 Å². The van der Waals surface area contributed by atoms with E-state index in [1.807, 2.05) is 25.7 Å². The lowest BCUT2D eigenvalue weighted by molar-refractivity contribution is -0.0558. The minimum atomic E-state index is -0.422. The average molecular weight is 281 g/mol. The number of ether oxygens (including phenoxy) is 1. The minimum absolute atomic E-state index is 0.0886. The summed E-state index contributed by atoms with van der Waals surface area (Å²) in [6.07, 6.45) is 4.01. The normalized spacial score (nSPS) is 40.4. The Labute approximate surface area is 121 Å². The SMILES string of the molecule is CC(C)(C)OC(=O)N1CC[C@@H]2[C@H]3CC[C@@H](O)[C@H]3[C@@H]2CC1. The molecule has 5 atom stereocenters. The summed E-state index contributed by atoms with van der Waals surface area (Å²) in [4.78, 5) is 14.0. The smallest absolute Gasteiger partial charge is 0.410 e. The van der Waals surface area contributed by atoms with E-state index in [1.165, 1.54) is 6.42 Å². The number of hydrogen-bond donors (Lipinski definition) is 1. The van der Waals surface area contributed by atoms with Gasteiger partial charge in [0.1, 0.15) is 5.60 Å². The van der Waals surface area contributed by atoms with Crippen LogP contribution >= 0.6 is 0 Å². The predicted octanol–water partition coefficient (Wildman–Crippen LogP) is 2.65. The van der Waals surface area contributed by atoms with Gasteiger partial charge in [0.2, 0.25) is 0 Å². The van der Waals surface area contributed by atoms with Crippen molar-refractivity contribution in [2.45, 2.75) is 58.2 Å². The van der Waals surface area contributed by atoms with Crippen LogP contribution in [0.5, 0.6) is 0 Å². The lowest BCUT2D eigenvalue weighted by Gasteiger charge is -2.49. The Morgan fingerprint density at radius 1 is 1.05 bits per heavy atom. The van der Waals surface area contributed by atoms with E-state index in [2.05, 4.69) is 0 Å². The van der Waals surface area contributed by atoms with E-state index in [0.717, 1.165) is 38.3 Å². The molecule has 3 aliphatic rings. The Balaban J connectivity index is 1.60. The van der Waals surface area contributed by atoms with Crippen LogP contribution in [0.1, 0.15) is 46.5 Å². The van der Waals surface area contributed by atoms with Crippen molar-refractivity contribution >= 4 is 6.09 Å². The molecule has 114 valence electrons. The van der Waals surface area contributed by atoms with Crippen LogP contribution in [0, 0.1) is 23.7 Å². The first kappa shape index (κ1) is 14.2. The van der Waals surface area contributed by atoms with E-state index in [4.69, 9.17) is 4.74 Å². The largest absolute Gasteiger partial charge is 0.444 e. The summed E-state index contributed by atoms with van der Waals surface area (Å²) in [6.45, 7) is 7.33. The predicted molar refractivity (Wildman–Crippen MR) is 76.2 cm³/mol. The lowest BCUT2D eigenvalue weighted by atomic mass is 9.56. The maximum absolute atomic E-state index is 12.2. The maximum atomic E-state index is 12.2. The third-order valence-electron chi connectivity index (χ3n) is 5.45. The number of aliphatic hydroxyl groups excluding tert-OH is 1. The van der Waals surface area contributed by atoms with Crippen LogP contribution < -0.4 is 0 Å². The van der Waals surface area contributed by atoms with E-state index < -0.39 is 5.60 Å². The Kier molecular flexibility index (Phi) is 3.47. The summed E-state index contributed by atoms with van der Waals surface area (Å²) in [7, 11) is 0. The molecule has 0 unspecified atom stereocenters. The fourth-order valence-electron chi connectivity index (χ4n) is 4.66. The van der Waals surface area contributed by atoms with E-state index >= 15 is 0 Å². The number of likely N-dealkylation sites (tertiary alicyclic amines) is 1. The van der Waals surface area contributed by atoms with Crippen LogP contribution in [0.25, 0.3) is 0 Å². The van der Waals surface area contributed by atoms with Crippen molar-refractivity contribution in [1.29, 1.82) is 0 Å². The highest BCUT2D eigenvalue weighted by Gasteiger charge is 2.56. The molecule has 3 fully saturated rings. The van der Waals surface area contributed by atoms with Gasteiger partial charge in [0.05, 0.1) is 6.10 Å². The molecule has 0 aromatic heterocycles. The molecule has 1 saturated heterocycles. The summed E-state index contributed by atoms with van der Waals surface area (Å²) in [5, 5.41) is 10.1. The monoisotopic (exact) mass is 281 g/mol. The van der Waals surface area contributed by atoms with Gasteiger partial charge in [-0.25, -0.2) is 4.79 Å². The first-order chi connectivity index (χ1) is 9.37. The Morgan fingerprint density at radius 2 is 1.65 bits per heavy atom. The fourth-order valence-corrected chi connectivity index (χ4v) is 4.66. The maximum Gasteiger partial charge on any atom is 0.410 e. The second-order valence-electron chi connectivity index (χ2n) is 7.76. The van der Waals surface area contributed by atoms with Gasteiger partial charge in [0, 0.05) is 13.1 Å². The zero-order valence-corrected chi connectivity index (χ0v) is 12.8. The van der Waals surface area contributed by atoms with Gasteiger partial charge >= 0.3 is 6.09 Å². The van der Waals surface area contributed by atoms with Crippen LogP contribution in [0.2, 0.25) is 0 Å². The van der Waals surface area contributed by atoms with Crippen molar-refractivity contribution in [1.82, 2.24) is 4.90 Å². The number of nitrogens with zero attached hydrogens (tertiary/aromatic N) is 1. The van der Waals surface area contributed by atoms with Crippen LogP contribution in [0.15, 0.2) is 0 Å². The first-order valence-electron chi connectivity index (χ1n) is 8.03. The van der Waals surface area contributed by atoms with Crippen molar-refractivity contribution in [3.05, 3.63) is 0 Å². The number of hydrogen-bond acceptors (Lipinski definition) is 3. The lowest BCUT2D eigenvalue weighted by Crippen LogP contribution is -2.47. The Bertz CT molecular complexity index is 390. The van der Waals surface area contributed by atoms with Gasteiger partial charge in [-0.15, -0.1) is 0 Å². The molecular formula is C16H27NO3. The number of aliphatic hydroxyl groups is 1. The van der Waals surface area contributed by atoms with Crippen LogP contribution in [0.4, 0.5) is 4.79 Å². The summed E-state index contributed by atoms with van der Waals surface area (Å²) >= 11 is 0. The van der Waals surface area contributed by atoms with Crippen molar-refractivity contribution in [2.24, 2.45) is 23.7 Å². The molecule has 0 spiro atoms. The standard InChI is InChI=1S/C16H27NO3/c1-16(2,3)20-15(19)17-8-6-10-11-4-5-13(18)14(11)12(10)7-9-17/h10-14,18H,4-9H2,1-3H3/t10-,11-,12-,13-,14-/m1/s1. The molecule has 0 aromatic rings. The van der Waals surface area contributed by atoms with Gasteiger partial charge in [-0.1, -0.05) is 0 Å². The number of rotatable bonds is 0. The summed E-state index contributed by atoms with van der Waals surface area (Å²) in [5.41, 5.74) is -0.422. The molecule has 20 heavy (non-hydrogen) atoms. The second-order valence-corrected chi connectivity index (χ2v) is 7.76. The number of amides is 1. The summed E-state index contributed by atoms with van der Waals surface area (Å²) in [6, 6.07) is 0. The molecule has 0 bridgehead atoms. The average Bonchev–Trinajstić information content (AvgIpc) is 2.52. The highest BCUT2D eigenvalue weighted by molar-refractivity contribution is 5.68. The fraction of sp³-hybridized carbons (Fsp3) is 0.938. The molecule has 2 aliphatic carbocycles. The summed E-state index contributed by atoms with van der Waals surface area (Å²) < 4.78 is 5.48. The third-order valence-corrected chi connectivity index (χ3v) is 5.45. The molecule has 0 aromatic carbocycles. The van der Waals surface area contributed by atoms with Crippen molar-refractivity contribution in [3.63, 3.8) is 0 Å². The topological polar surface area (TPSA) is 49.8 Å². The van der Waals surface area contributed by atoms with Gasteiger partial charge in [-0.05, 0) is 70.1 Å². The molecule has 0 radical (unpaired) electrons. The first-order valence-corrected chi connectivity index (χ1v) is 8.03. The van der Waals surface area contributed by atoms with Crippen LogP contribution in [-0.4, -0.2) is 40.9 Å². The quantitative estimate of drug-likeness (QED) is 0.742. The van der Waals surface area contributed by atoms with Gasteiger partial charge in [-0.3, -0.25) is 0 Å². The molecular weight excluding hydrogens is 254 g/mol. The van der Waals surface area contributed by atoms with Gasteiger partial charge in [0.25, 0.3) is 0 Å². The van der Waals surface area contributed by atoms with E-state index in [9.17, 15) is 9.90 Å². The molecule has 2 saturated carbocycles. The molecule has 1 heterocycles. The van der Waals surface area contributed by atoms with Gasteiger partial charge in [0.15, 0.2) is 0 Å². The molecule has 4 nitrogen and oxygen atoms in total. The zero-order chi connectivity index (χ0) is 14.5. The van der Waals surface area contributed by atoms with E-state index in [0.29, 0.717) is 17.8 Å². The molecule has 1 amide bonds. The van der Waals surface area contributed by atoms with E-state index in [1.54, 1.807) is 0 Å². The molecule has 1 aliphatic heterocycles. The van der Waals surface area contributed by atoms with Gasteiger partial charge in [-0.2, -0.15) is 0 Å². The minimum Gasteiger partial charge on any atom is -0.444 e. The Hall–Kier alpha value is -0.770.